The lowest BCUT2D eigenvalue weighted by Crippen LogP contribution is -2.24. The number of unbranched alkanes of at least 4 members (excludes halogenated alkanes) is 10. The van der Waals surface area contributed by atoms with Gasteiger partial charge in [0, 0.05) is 6.42 Å². The van der Waals surface area contributed by atoms with Crippen LogP contribution in [0.2, 0.25) is 0 Å². The minimum absolute atomic E-state index is 0.341. The van der Waals surface area contributed by atoms with Crippen LogP contribution in [0.3, 0.4) is 0 Å². The normalized spacial score (nSPS) is 12.6. The van der Waals surface area contributed by atoms with Gasteiger partial charge in [-0.1, -0.05) is 104 Å². The van der Waals surface area contributed by atoms with Gasteiger partial charge >= 0.3 is 5.97 Å². The maximum atomic E-state index is 10.5. The Morgan fingerprint density at radius 2 is 1.14 bits per heavy atom. The van der Waals surface area contributed by atoms with E-state index in [1.807, 2.05) is 0 Å². The fourth-order valence-corrected chi connectivity index (χ4v) is 4.21. The van der Waals surface area contributed by atoms with Gasteiger partial charge < -0.3 is 10.0 Å². The van der Waals surface area contributed by atoms with E-state index in [4.69, 9.17) is 5.11 Å². The first-order valence-electron chi connectivity index (χ1n) is 12.6. The summed E-state index contributed by atoms with van der Waals surface area (Å²) in [6, 6.07) is 0. The molecule has 1 atom stereocenters. The zero-order valence-corrected chi connectivity index (χ0v) is 19.5. The zero-order chi connectivity index (χ0) is 20.9. The quantitative estimate of drug-likeness (QED) is 0.190. The lowest BCUT2D eigenvalue weighted by atomic mass is 9.90. The van der Waals surface area contributed by atoms with Crippen molar-refractivity contribution in [3.8, 4) is 0 Å². The minimum atomic E-state index is -0.652. The maximum absolute atomic E-state index is 10.5. The summed E-state index contributed by atoms with van der Waals surface area (Å²) < 4.78 is 0. The molecule has 0 heterocycles. The van der Waals surface area contributed by atoms with Gasteiger partial charge in [0.1, 0.15) is 0 Å². The van der Waals surface area contributed by atoms with Crippen LogP contribution in [0.1, 0.15) is 130 Å². The van der Waals surface area contributed by atoms with Crippen molar-refractivity contribution in [2.24, 2.45) is 5.92 Å². The third-order valence-electron chi connectivity index (χ3n) is 6.20. The molecule has 0 saturated carbocycles. The molecule has 0 amide bonds. The fraction of sp³-hybridized carbons (Fsp3) is 0.960. The Bertz CT molecular complexity index is 329. The lowest BCUT2D eigenvalue weighted by Gasteiger charge is -2.21. The first kappa shape index (κ1) is 27.4. The van der Waals surface area contributed by atoms with Crippen molar-refractivity contribution in [3.05, 3.63) is 0 Å². The molecule has 0 aromatic rings. The van der Waals surface area contributed by atoms with Crippen molar-refractivity contribution in [2.75, 3.05) is 19.6 Å². The Morgan fingerprint density at radius 1 is 0.679 bits per heavy atom. The van der Waals surface area contributed by atoms with E-state index in [0.717, 1.165) is 18.8 Å². The molecule has 0 rings (SSSR count). The van der Waals surface area contributed by atoms with Crippen LogP contribution in [0, 0.1) is 5.92 Å². The van der Waals surface area contributed by atoms with Crippen molar-refractivity contribution in [2.45, 2.75) is 130 Å². The molecule has 3 nitrogen and oxygen atoms in total. The van der Waals surface area contributed by atoms with E-state index in [2.05, 4.69) is 25.7 Å². The summed E-state index contributed by atoms with van der Waals surface area (Å²) in [4.78, 5) is 13.0. The van der Waals surface area contributed by atoms with E-state index < -0.39 is 5.97 Å². The first-order chi connectivity index (χ1) is 13.6. The number of rotatable bonds is 22. The van der Waals surface area contributed by atoms with Crippen LogP contribution < -0.4 is 0 Å². The van der Waals surface area contributed by atoms with Crippen LogP contribution in [-0.2, 0) is 4.79 Å². The smallest absolute Gasteiger partial charge is 0.303 e. The van der Waals surface area contributed by atoms with Gasteiger partial charge in [0.05, 0.1) is 0 Å². The number of carboxylic acids is 1. The summed E-state index contributed by atoms with van der Waals surface area (Å²) in [6.45, 7) is 10.5. The Kier molecular flexibility index (Phi) is 20.7. The predicted molar refractivity (Wildman–Crippen MR) is 123 cm³/mol. The maximum Gasteiger partial charge on any atom is 0.303 e. The molecule has 0 aromatic heterocycles. The standard InChI is InChI=1S/C25H51NO2/c1-4-7-8-15-19-24(21-18-23-26(5-2)6-3)20-16-13-11-9-10-12-14-17-22-25(27)28/h24H,4-23H2,1-3H3,(H,27,28). The summed E-state index contributed by atoms with van der Waals surface area (Å²) in [5.41, 5.74) is 0. The topological polar surface area (TPSA) is 40.5 Å². The van der Waals surface area contributed by atoms with Gasteiger partial charge in [-0.25, -0.2) is 0 Å². The minimum Gasteiger partial charge on any atom is -0.481 e. The van der Waals surface area contributed by atoms with Gasteiger partial charge in [0.15, 0.2) is 0 Å². The molecule has 0 aliphatic heterocycles. The number of carbonyl (C=O) groups is 1. The summed E-state index contributed by atoms with van der Waals surface area (Å²) in [7, 11) is 0. The predicted octanol–water partition coefficient (Wildman–Crippen LogP) is 7.68. The Balaban J connectivity index is 3.79. The number of hydrogen-bond acceptors (Lipinski definition) is 2. The molecular formula is C25H51NO2. The van der Waals surface area contributed by atoms with Gasteiger partial charge in [-0.3, -0.25) is 4.79 Å². The van der Waals surface area contributed by atoms with E-state index >= 15 is 0 Å². The third kappa shape index (κ3) is 18.8. The van der Waals surface area contributed by atoms with Gasteiger partial charge in [-0.15, -0.1) is 0 Å². The van der Waals surface area contributed by atoms with Crippen molar-refractivity contribution in [1.82, 2.24) is 4.90 Å². The lowest BCUT2D eigenvalue weighted by molar-refractivity contribution is -0.137. The second-order valence-corrected chi connectivity index (χ2v) is 8.65. The van der Waals surface area contributed by atoms with Gasteiger partial charge in [-0.2, -0.15) is 0 Å². The molecule has 1 N–H and O–H groups in total. The molecule has 28 heavy (non-hydrogen) atoms. The van der Waals surface area contributed by atoms with Crippen molar-refractivity contribution in [3.63, 3.8) is 0 Å². The molecule has 0 radical (unpaired) electrons. The van der Waals surface area contributed by atoms with Crippen LogP contribution in [0.5, 0.6) is 0 Å². The van der Waals surface area contributed by atoms with Crippen LogP contribution in [0.4, 0.5) is 0 Å². The molecule has 168 valence electrons. The van der Waals surface area contributed by atoms with Crippen LogP contribution in [0.25, 0.3) is 0 Å². The Morgan fingerprint density at radius 3 is 1.64 bits per heavy atom. The molecule has 0 fully saturated rings. The molecule has 0 bridgehead atoms. The Hall–Kier alpha value is -0.570. The number of hydrogen-bond donors (Lipinski definition) is 1. The highest BCUT2D eigenvalue weighted by atomic mass is 16.4. The first-order valence-corrected chi connectivity index (χ1v) is 12.6. The van der Waals surface area contributed by atoms with Gasteiger partial charge in [-0.05, 0) is 44.8 Å². The highest BCUT2D eigenvalue weighted by Gasteiger charge is 2.09. The van der Waals surface area contributed by atoms with E-state index in [-0.39, 0.29) is 0 Å². The SMILES string of the molecule is CCCCCCC(CCCCCCCCCCC(=O)O)CCCN(CC)CC. The van der Waals surface area contributed by atoms with Crippen molar-refractivity contribution in [1.29, 1.82) is 0 Å². The van der Waals surface area contributed by atoms with Crippen LogP contribution >= 0.6 is 0 Å². The molecule has 0 aliphatic carbocycles. The second kappa shape index (κ2) is 21.1. The average Bonchev–Trinajstić information content (AvgIpc) is 2.69. The van der Waals surface area contributed by atoms with E-state index in [1.54, 1.807) is 0 Å². The van der Waals surface area contributed by atoms with Gasteiger partial charge in [0.25, 0.3) is 0 Å². The molecule has 0 aliphatic rings. The summed E-state index contributed by atoms with van der Waals surface area (Å²) in [5, 5.41) is 8.64. The van der Waals surface area contributed by atoms with Crippen molar-refractivity contribution >= 4 is 5.97 Å². The summed E-state index contributed by atoms with van der Waals surface area (Å²) in [5.74, 6) is 0.296. The highest BCUT2D eigenvalue weighted by molar-refractivity contribution is 5.66. The van der Waals surface area contributed by atoms with E-state index in [1.165, 1.54) is 110 Å². The molecule has 0 aromatic carbocycles. The molecule has 3 heteroatoms. The summed E-state index contributed by atoms with van der Waals surface area (Å²) >= 11 is 0. The van der Waals surface area contributed by atoms with E-state index in [9.17, 15) is 4.79 Å². The van der Waals surface area contributed by atoms with E-state index in [0.29, 0.717) is 6.42 Å². The number of aliphatic carboxylic acids is 1. The average molecular weight is 398 g/mol. The van der Waals surface area contributed by atoms with Crippen LogP contribution in [0.15, 0.2) is 0 Å². The summed E-state index contributed by atoms with van der Waals surface area (Å²) in [6.07, 6.45) is 21.5. The molecule has 0 saturated heterocycles. The fourth-order valence-electron chi connectivity index (χ4n) is 4.21. The third-order valence-corrected chi connectivity index (χ3v) is 6.20. The number of nitrogens with zero attached hydrogens (tertiary/aromatic N) is 1. The van der Waals surface area contributed by atoms with Gasteiger partial charge in [0.2, 0.25) is 0 Å². The molecule has 1 unspecified atom stereocenters. The number of carboxylic acid groups (broad SMARTS) is 1. The highest BCUT2D eigenvalue weighted by Crippen LogP contribution is 2.23. The molecular weight excluding hydrogens is 346 g/mol. The largest absolute Gasteiger partial charge is 0.481 e. The second-order valence-electron chi connectivity index (χ2n) is 8.65. The molecule has 0 spiro atoms. The zero-order valence-electron chi connectivity index (χ0n) is 19.5. The Labute approximate surface area is 176 Å². The van der Waals surface area contributed by atoms with Crippen LogP contribution in [-0.4, -0.2) is 35.6 Å². The monoisotopic (exact) mass is 397 g/mol. The van der Waals surface area contributed by atoms with Crippen molar-refractivity contribution < 1.29 is 9.90 Å².